The van der Waals surface area contributed by atoms with Gasteiger partial charge >= 0.3 is 0 Å². The Kier molecular flexibility index (Phi) is 5.42. The van der Waals surface area contributed by atoms with Crippen LogP contribution in [0.1, 0.15) is 22.3 Å². The summed E-state index contributed by atoms with van der Waals surface area (Å²) in [5.74, 6) is 5.29. The number of anilines is 1. The van der Waals surface area contributed by atoms with Gasteiger partial charge in [0.1, 0.15) is 0 Å². The molecule has 4 aromatic rings. The molecule has 0 radical (unpaired) electrons. The van der Waals surface area contributed by atoms with Crippen LogP contribution in [-0.4, -0.2) is 25.3 Å². The number of aliphatic hydroxyl groups is 1. The standard InChI is InChI=1S/C21H16FN5OS/c1-13-2-5-18(17(8-13)12-28)29-27-21-19(22)15(6-7-23-21)4-3-14-9-16-11-25-26-20(16)24-10-14/h2,5-11,28H,12H2,1H3,(H,23,27)(H,24,25,26). The molecule has 0 aliphatic heterocycles. The number of nitrogens with zero attached hydrogens (tertiary/aromatic N) is 3. The Bertz CT molecular complexity index is 1240. The first-order valence-electron chi connectivity index (χ1n) is 8.73. The SMILES string of the molecule is Cc1ccc(SNc2nccc(C#Cc3cnc4[nH]ncc4c3)c2F)c(CO)c1. The minimum absolute atomic E-state index is 0.0784. The number of aromatic nitrogens is 4. The maximum absolute atomic E-state index is 14.8. The maximum atomic E-state index is 14.8. The Morgan fingerprint density at radius 1 is 1.17 bits per heavy atom. The normalized spacial score (nSPS) is 10.6. The highest BCUT2D eigenvalue weighted by Gasteiger charge is 2.10. The number of H-pyrrole nitrogens is 1. The van der Waals surface area contributed by atoms with E-state index in [4.69, 9.17) is 0 Å². The Labute approximate surface area is 170 Å². The minimum atomic E-state index is -0.539. The first-order valence-corrected chi connectivity index (χ1v) is 9.54. The Morgan fingerprint density at radius 2 is 2.07 bits per heavy atom. The highest BCUT2D eigenvalue weighted by atomic mass is 32.2. The number of aryl methyl sites for hydroxylation is 1. The van der Waals surface area contributed by atoms with Gasteiger partial charge in [0.25, 0.3) is 0 Å². The van der Waals surface area contributed by atoms with Gasteiger partial charge in [0.15, 0.2) is 17.3 Å². The summed E-state index contributed by atoms with van der Waals surface area (Å²) >= 11 is 1.19. The summed E-state index contributed by atoms with van der Waals surface area (Å²) < 4.78 is 17.7. The van der Waals surface area contributed by atoms with Crippen molar-refractivity contribution in [2.75, 3.05) is 4.72 Å². The summed E-state index contributed by atoms with van der Waals surface area (Å²) in [4.78, 5) is 9.07. The van der Waals surface area contributed by atoms with E-state index in [0.717, 1.165) is 21.4 Å². The van der Waals surface area contributed by atoms with Crippen LogP contribution in [0.5, 0.6) is 0 Å². The molecule has 0 saturated carbocycles. The molecule has 144 valence electrons. The third-order valence-corrected chi connectivity index (χ3v) is 5.08. The van der Waals surface area contributed by atoms with Crippen LogP contribution in [0, 0.1) is 24.6 Å². The van der Waals surface area contributed by atoms with E-state index in [-0.39, 0.29) is 18.0 Å². The minimum Gasteiger partial charge on any atom is -0.392 e. The molecule has 0 spiro atoms. The van der Waals surface area contributed by atoms with E-state index in [2.05, 4.69) is 36.7 Å². The topological polar surface area (TPSA) is 86.7 Å². The number of pyridine rings is 2. The number of aromatic amines is 1. The molecular formula is C21H16FN5OS. The van der Waals surface area contributed by atoms with E-state index in [9.17, 15) is 9.50 Å². The first kappa shape index (κ1) is 18.9. The molecule has 0 fully saturated rings. The van der Waals surface area contributed by atoms with Crippen molar-refractivity contribution in [1.29, 1.82) is 0 Å². The molecule has 8 heteroatoms. The molecule has 29 heavy (non-hydrogen) atoms. The zero-order chi connectivity index (χ0) is 20.2. The molecule has 6 nitrogen and oxygen atoms in total. The van der Waals surface area contributed by atoms with Gasteiger partial charge in [-0.15, -0.1) is 0 Å². The maximum Gasteiger partial charge on any atom is 0.181 e. The molecule has 0 amide bonds. The molecule has 0 aliphatic rings. The summed E-state index contributed by atoms with van der Waals surface area (Å²) in [5.41, 5.74) is 3.37. The van der Waals surface area contributed by atoms with Gasteiger partial charge in [0, 0.05) is 28.2 Å². The van der Waals surface area contributed by atoms with Crippen molar-refractivity contribution in [3.63, 3.8) is 0 Å². The zero-order valence-electron chi connectivity index (χ0n) is 15.4. The molecule has 3 N–H and O–H groups in total. The van der Waals surface area contributed by atoms with Gasteiger partial charge < -0.3 is 9.83 Å². The predicted molar refractivity (Wildman–Crippen MR) is 111 cm³/mol. The van der Waals surface area contributed by atoms with Crippen LogP contribution >= 0.6 is 11.9 Å². The summed E-state index contributed by atoms with van der Waals surface area (Å²) in [6.45, 7) is 1.85. The molecule has 0 unspecified atom stereocenters. The largest absolute Gasteiger partial charge is 0.392 e. The van der Waals surface area contributed by atoms with Gasteiger partial charge in [0.05, 0.1) is 18.4 Å². The number of halogens is 1. The molecule has 3 aromatic heterocycles. The highest BCUT2D eigenvalue weighted by molar-refractivity contribution is 8.00. The fraction of sp³-hybridized carbons (Fsp3) is 0.0952. The molecule has 0 saturated heterocycles. The molecule has 0 atom stereocenters. The lowest BCUT2D eigenvalue weighted by atomic mass is 10.1. The van der Waals surface area contributed by atoms with Gasteiger partial charge in [-0.25, -0.2) is 14.4 Å². The van der Waals surface area contributed by atoms with Gasteiger partial charge in [-0.2, -0.15) is 5.10 Å². The van der Waals surface area contributed by atoms with Crippen molar-refractivity contribution in [2.24, 2.45) is 0 Å². The van der Waals surface area contributed by atoms with Crippen molar-refractivity contribution in [1.82, 2.24) is 20.2 Å². The van der Waals surface area contributed by atoms with Gasteiger partial charge in [-0.1, -0.05) is 29.5 Å². The molecule has 3 heterocycles. The molecular weight excluding hydrogens is 389 g/mol. The molecule has 4 rings (SSSR count). The number of hydrogen-bond donors (Lipinski definition) is 3. The number of benzene rings is 1. The smallest absolute Gasteiger partial charge is 0.181 e. The average molecular weight is 405 g/mol. The highest BCUT2D eigenvalue weighted by Crippen LogP contribution is 2.26. The average Bonchev–Trinajstić information content (AvgIpc) is 3.20. The number of fused-ring (bicyclic) bond motifs is 1. The van der Waals surface area contributed by atoms with E-state index in [1.54, 1.807) is 12.4 Å². The lowest BCUT2D eigenvalue weighted by molar-refractivity contribution is 0.279. The van der Waals surface area contributed by atoms with Crippen LogP contribution < -0.4 is 4.72 Å². The predicted octanol–water partition coefficient (Wildman–Crippen LogP) is 3.81. The fourth-order valence-corrected chi connectivity index (χ4v) is 3.43. The molecule has 0 bridgehead atoms. The lowest BCUT2D eigenvalue weighted by Crippen LogP contribution is -1.99. The summed E-state index contributed by atoms with van der Waals surface area (Å²) in [5, 5.41) is 17.0. The van der Waals surface area contributed by atoms with Crippen molar-refractivity contribution in [3.05, 3.63) is 77.0 Å². The van der Waals surface area contributed by atoms with Gasteiger partial charge in [0.2, 0.25) is 0 Å². The van der Waals surface area contributed by atoms with Crippen molar-refractivity contribution in [2.45, 2.75) is 18.4 Å². The summed E-state index contributed by atoms with van der Waals surface area (Å²) in [6, 6.07) is 9.05. The first-order chi connectivity index (χ1) is 14.1. The number of nitrogens with one attached hydrogen (secondary N) is 2. The van der Waals surface area contributed by atoms with Crippen molar-refractivity contribution in [3.8, 4) is 11.8 Å². The quantitative estimate of drug-likeness (QED) is 0.354. The van der Waals surface area contributed by atoms with Crippen molar-refractivity contribution >= 4 is 28.8 Å². The van der Waals surface area contributed by atoms with Crippen LogP contribution in [0.15, 0.2) is 53.8 Å². The second-order valence-electron chi connectivity index (χ2n) is 6.28. The zero-order valence-corrected chi connectivity index (χ0v) is 16.2. The summed E-state index contributed by atoms with van der Waals surface area (Å²) in [7, 11) is 0. The Hall–Kier alpha value is -3.41. The number of hydrogen-bond acceptors (Lipinski definition) is 6. The third kappa shape index (κ3) is 4.21. The van der Waals surface area contributed by atoms with E-state index >= 15 is 0 Å². The second kappa shape index (κ2) is 8.31. The molecule has 0 aliphatic carbocycles. The Balaban J connectivity index is 1.55. The van der Waals surface area contributed by atoms with Crippen LogP contribution in [0.2, 0.25) is 0 Å². The molecule has 1 aromatic carbocycles. The fourth-order valence-electron chi connectivity index (χ4n) is 2.69. The monoisotopic (exact) mass is 405 g/mol. The van der Waals surface area contributed by atoms with Crippen LogP contribution in [0.25, 0.3) is 11.0 Å². The third-order valence-electron chi connectivity index (χ3n) is 4.17. The summed E-state index contributed by atoms with van der Waals surface area (Å²) in [6.07, 6.45) is 4.76. The van der Waals surface area contributed by atoms with Crippen molar-refractivity contribution < 1.29 is 9.50 Å². The lowest BCUT2D eigenvalue weighted by Gasteiger charge is -2.10. The number of aliphatic hydroxyl groups excluding tert-OH is 1. The number of rotatable bonds is 4. The van der Waals surface area contributed by atoms with Crippen LogP contribution in [0.4, 0.5) is 10.2 Å². The Morgan fingerprint density at radius 3 is 2.93 bits per heavy atom. The van der Waals surface area contributed by atoms with Gasteiger partial charge in [-0.3, -0.25) is 5.10 Å². The van der Waals surface area contributed by atoms with E-state index in [1.807, 2.05) is 31.2 Å². The van der Waals surface area contributed by atoms with Crippen LogP contribution in [-0.2, 0) is 6.61 Å². The second-order valence-corrected chi connectivity index (χ2v) is 7.12. The van der Waals surface area contributed by atoms with Crippen LogP contribution in [0.3, 0.4) is 0 Å². The van der Waals surface area contributed by atoms with E-state index in [1.165, 1.54) is 24.2 Å². The van der Waals surface area contributed by atoms with E-state index in [0.29, 0.717) is 11.2 Å². The van der Waals surface area contributed by atoms with E-state index < -0.39 is 5.82 Å². The van der Waals surface area contributed by atoms with Gasteiger partial charge in [-0.05, 0) is 42.6 Å².